The summed E-state index contributed by atoms with van der Waals surface area (Å²) in [6.07, 6.45) is 1.43. The van der Waals surface area contributed by atoms with Gasteiger partial charge in [-0.25, -0.2) is 0 Å². The Hall–Kier alpha value is -3.84. The Labute approximate surface area is 231 Å². The molecule has 0 aliphatic carbocycles. The Morgan fingerprint density at radius 2 is 1.62 bits per heavy atom. The molecule has 3 aromatic rings. The lowest BCUT2D eigenvalue weighted by Crippen LogP contribution is -2.50. The van der Waals surface area contributed by atoms with Gasteiger partial charge in [-0.2, -0.15) is 0 Å². The van der Waals surface area contributed by atoms with Gasteiger partial charge in [0, 0.05) is 31.2 Å². The Kier molecular flexibility index (Phi) is 9.60. The number of carbonyl (C=O) groups excluding carboxylic acids is 2. The van der Waals surface area contributed by atoms with Gasteiger partial charge >= 0.3 is 0 Å². The summed E-state index contributed by atoms with van der Waals surface area (Å²) in [5, 5.41) is 6.12. The van der Waals surface area contributed by atoms with Crippen molar-refractivity contribution in [2.24, 2.45) is 5.92 Å². The number of amides is 2. The van der Waals surface area contributed by atoms with Crippen LogP contribution in [0.5, 0.6) is 11.5 Å². The van der Waals surface area contributed by atoms with Crippen molar-refractivity contribution < 1.29 is 19.1 Å². The van der Waals surface area contributed by atoms with E-state index in [1.807, 2.05) is 19.9 Å². The minimum atomic E-state index is -0.620. The second-order valence-electron chi connectivity index (χ2n) is 10.5. The number of likely N-dealkylation sites (tertiary alicyclic amines) is 1. The smallest absolute Gasteiger partial charge is 0.252 e. The molecule has 0 aromatic heterocycles. The van der Waals surface area contributed by atoms with E-state index >= 15 is 0 Å². The average molecular weight is 530 g/mol. The largest absolute Gasteiger partial charge is 0.493 e. The van der Waals surface area contributed by atoms with Crippen molar-refractivity contribution in [2.75, 3.05) is 27.3 Å². The first-order chi connectivity index (χ1) is 18.9. The summed E-state index contributed by atoms with van der Waals surface area (Å²) in [4.78, 5) is 28.7. The van der Waals surface area contributed by atoms with E-state index in [2.05, 4.69) is 64.1 Å². The molecular weight excluding hydrogens is 490 g/mol. The molecule has 1 saturated heterocycles. The molecule has 0 unspecified atom stereocenters. The Morgan fingerprint density at radius 3 is 2.28 bits per heavy atom. The highest BCUT2D eigenvalue weighted by Crippen LogP contribution is 2.27. The minimum Gasteiger partial charge on any atom is -0.493 e. The Balaban J connectivity index is 1.32. The van der Waals surface area contributed by atoms with Crippen LogP contribution < -0.4 is 20.1 Å². The third kappa shape index (κ3) is 7.60. The number of nitrogens with zero attached hydrogens (tertiary/aromatic N) is 1. The summed E-state index contributed by atoms with van der Waals surface area (Å²) in [6.45, 7) is 6.63. The Bertz CT molecular complexity index is 1240. The first-order valence-corrected chi connectivity index (χ1v) is 13.6. The summed E-state index contributed by atoms with van der Waals surface area (Å²) >= 11 is 0. The molecule has 0 saturated carbocycles. The summed E-state index contributed by atoms with van der Waals surface area (Å²) in [7, 11) is 3.07. The number of hydrogen-bond acceptors (Lipinski definition) is 5. The highest BCUT2D eigenvalue weighted by molar-refractivity contribution is 5.98. The molecule has 206 valence electrons. The van der Waals surface area contributed by atoms with E-state index in [1.165, 1.54) is 23.8 Å². The number of rotatable bonds is 11. The maximum atomic E-state index is 13.3. The minimum absolute atomic E-state index is 0.0498. The van der Waals surface area contributed by atoms with Crippen molar-refractivity contribution in [3.8, 4) is 22.6 Å². The molecule has 1 fully saturated rings. The van der Waals surface area contributed by atoms with Gasteiger partial charge in [-0.1, -0.05) is 68.4 Å². The van der Waals surface area contributed by atoms with Crippen LogP contribution >= 0.6 is 0 Å². The standard InChI is InChI=1S/C32H39N3O4/c1-22(2)18-28(34-31(36)26-14-15-29(38-3)30(19-26)39-4)32(37)33-27-16-17-35(21-27)20-23-10-12-25(13-11-23)24-8-6-5-7-9-24/h5-15,19,22,27-28H,16-18,20-21H2,1-4H3,(H,33,37)(H,34,36)/t27-,28-/m0/s1. The number of hydrogen-bond donors (Lipinski definition) is 2. The van der Waals surface area contributed by atoms with Gasteiger partial charge in [0.05, 0.1) is 14.2 Å². The van der Waals surface area contributed by atoms with Crippen LogP contribution in [0.15, 0.2) is 72.8 Å². The van der Waals surface area contributed by atoms with E-state index in [0.717, 1.165) is 26.1 Å². The molecule has 2 amide bonds. The molecule has 0 spiro atoms. The molecule has 7 nitrogen and oxygen atoms in total. The summed E-state index contributed by atoms with van der Waals surface area (Å²) in [5.74, 6) is 0.796. The zero-order chi connectivity index (χ0) is 27.8. The first-order valence-electron chi connectivity index (χ1n) is 13.6. The fourth-order valence-electron chi connectivity index (χ4n) is 5.01. The van der Waals surface area contributed by atoms with Gasteiger partial charge in [0.2, 0.25) is 5.91 Å². The van der Waals surface area contributed by atoms with Gasteiger partial charge in [-0.15, -0.1) is 0 Å². The van der Waals surface area contributed by atoms with Gasteiger partial charge in [0.1, 0.15) is 6.04 Å². The molecule has 2 N–H and O–H groups in total. The van der Waals surface area contributed by atoms with Crippen molar-refractivity contribution in [1.29, 1.82) is 0 Å². The zero-order valence-electron chi connectivity index (χ0n) is 23.3. The molecule has 4 rings (SSSR count). The van der Waals surface area contributed by atoms with Crippen LogP contribution in [0.4, 0.5) is 0 Å². The van der Waals surface area contributed by atoms with Crippen LogP contribution in [0.1, 0.15) is 42.6 Å². The summed E-state index contributed by atoms with van der Waals surface area (Å²) < 4.78 is 10.6. The fourth-order valence-corrected chi connectivity index (χ4v) is 5.01. The van der Waals surface area contributed by atoms with E-state index in [1.54, 1.807) is 25.3 Å². The number of methoxy groups -OCH3 is 2. The maximum absolute atomic E-state index is 13.3. The second kappa shape index (κ2) is 13.3. The van der Waals surface area contributed by atoms with Crippen LogP contribution in [0, 0.1) is 5.92 Å². The van der Waals surface area contributed by atoms with E-state index in [9.17, 15) is 9.59 Å². The molecule has 3 aromatic carbocycles. The van der Waals surface area contributed by atoms with E-state index in [4.69, 9.17) is 9.47 Å². The molecule has 39 heavy (non-hydrogen) atoms. The van der Waals surface area contributed by atoms with Gasteiger partial charge in [-0.05, 0) is 53.6 Å². The third-order valence-electron chi connectivity index (χ3n) is 7.06. The van der Waals surface area contributed by atoms with Crippen LogP contribution in [0.3, 0.4) is 0 Å². The predicted molar refractivity (Wildman–Crippen MR) is 154 cm³/mol. The lowest BCUT2D eigenvalue weighted by molar-refractivity contribution is -0.124. The van der Waals surface area contributed by atoms with Crippen molar-refractivity contribution in [3.63, 3.8) is 0 Å². The third-order valence-corrected chi connectivity index (χ3v) is 7.06. The molecule has 0 bridgehead atoms. The Morgan fingerprint density at radius 1 is 0.923 bits per heavy atom. The topological polar surface area (TPSA) is 79.9 Å². The molecular formula is C32H39N3O4. The van der Waals surface area contributed by atoms with Gasteiger partial charge in [-0.3, -0.25) is 14.5 Å². The SMILES string of the molecule is COc1ccc(C(=O)N[C@@H](CC(C)C)C(=O)N[C@H]2CCN(Cc3ccc(-c4ccccc4)cc3)C2)cc1OC. The normalized spacial score (nSPS) is 16.1. The maximum Gasteiger partial charge on any atom is 0.252 e. The highest BCUT2D eigenvalue weighted by atomic mass is 16.5. The van der Waals surface area contributed by atoms with Crippen LogP contribution in [-0.2, 0) is 11.3 Å². The number of benzene rings is 3. The van der Waals surface area contributed by atoms with Gasteiger partial charge in [0.15, 0.2) is 11.5 Å². The number of nitrogens with one attached hydrogen (secondary N) is 2. The van der Waals surface area contributed by atoms with E-state index in [-0.39, 0.29) is 23.8 Å². The average Bonchev–Trinajstić information content (AvgIpc) is 3.39. The lowest BCUT2D eigenvalue weighted by atomic mass is 10.0. The van der Waals surface area contributed by atoms with Crippen LogP contribution in [0.2, 0.25) is 0 Å². The molecule has 1 heterocycles. The van der Waals surface area contributed by atoms with Crippen molar-refractivity contribution >= 4 is 11.8 Å². The quantitative estimate of drug-likeness (QED) is 0.369. The van der Waals surface area contributed by atoms with E-state index in [0.29, 0.717) is 23.5 Å². The van der Waals surface area contributed by atoms with Crippen molar-refractivity contribution in [3.05, 3.63) is 83.9 Å². The van der Waals surface area contributed by atoms with E-state index < -0.39 is 6.04 Å². The molecule has 1 aliphatic heterocycles. The van der Waals surface area contributed by atoms with Gasteiger partial charge in [0.25, 0.3) is 5.91 Å². The molecule has 0 radical (unpaired) electrons. The summed E-state index contributed by atoms with van der Waals surface area (Å²) in [6, 6.07) is 23.5. The summed E-state index contributed by atoms with van der Waals surface area (Å²) in [5.41, 5.74) is 4.08. The first kappa shape index (κ1) is 28.2. The fraction of sp³-hybridized carbons (Fsp3) is 0.375. The van der Waals surface area contributed by atoms with Crippen LogP contribution in [-0.4, -0.2) is 56.1 Å². The highest BCUT2D eigenvalue weighted by Gasteiger charge is 2.28. The van der Waals surface area contributed by atoms with Crippen molar-refractivity contribution in [2.45, 2.75) is 45.3 Å². The zero-order valence-corrected chi connectivity index (χ0v) is 23.3. The molecule has 7 heteroatoms. The van der Waals surface area contributed by atoms with Crippen LogP contribution in [0.25, 0.3) is 11.1 Å². The lowest BCUT2D eigenvalue weighted by Gasteiger charge is -2.23. The molecule has 1 aliphatic rings. The number of carbonyl (C=O) groups is 2. The molecule has 2 atom stereocenters. The second-order valence-corrected chi connectivity index (χ2v) is 10.5. The monoisotopic (exact) mass is 529 g/mol. The van der Waals surface area contributed by atoms with Crippen molar-refractivity contribution in [1.82, 2.24) is 15.5 Å². The van der Waals surface area contributed by atoms with Gasteiger partial charge < -0.3 is 20.1 Å². The predicted octanol–water partition coefficient (Wildman–Crippen LogP) is 4.91. The number of ether oxygens (including phenoxy) is 2.